The largest absolute Gasteiger partial charge is 0.345 e. The number of carbonyl (C=O) groups is 1. The molecule has 7 nitrogen and oxygen atoms in total. The van der Waals surface area contributed by atoms with Gasteiger partial charge in [0.05, 0.1) is 11.3 Å². The molecule has 3 aromatic heterocycles. The number of aromatic amines is 1. The van der Waals surface area contributed by atoms with Crippen molar-refractivity contribution in [1.29, 1.82) is 0 Å². The number of sulfonamides is 1. The Morgan fingerprint density at radius 2 is 1.94 bits per heavy atom. The summed E-state index contributed by atoms with van der Waals surface area (Å²) in [5, 5.41) is 0.438. The number of carbonyl (C=O) groups excluding carboxylic acids is 1. The number of anilines is 1. The number of fused-ring (bicyclic) bond motifs is 1. The fourth-order valence-corrected chi connectivity index (χ4v) is 4.46. The summed E-state index contributed by atoms with van der Waals surface area (Å²) in [4.78, 5) is 24.4. The molecule has 0 bridgehead atoms. The zero-order valence-electron chi connectivity index (χ0n) is 16.9. The van der Waals surface area contributed by atoms with Crippen molar-refractivity contribution in [2.75, 3.05) is 10.5 Å². The van der Waals surface area contributed by atoms with Gasteiger partial charge >= 0.3 is 0 Å². The van der Waals surface area contributed by atoms with Crippen LogP contribution in [0.4, 0.5) is 14.5 Å². The van der Waals surface area contributed by atoms with E-state index in [1.54, 1.807) is 37.6 Å². The van der Waals surface area contributed by atoms with Gasteiger partial charge in [-0.15, -0.1) is 0 Å². The Kier molecular flexibility index (Phi) is 5.70. The Labute approximate surface area is 182 Å². The van der Waals surface area contributed by atoms with Crippen molar-refractivity contribution >= 4 is 32.5 Å². The van der Waals surface area contributed by atoms with Crippen LogP contribution in [0.1, 0.15) is 29.3 Å². The summed E-state index contributed by atoms with van der Waals surface area (Å²) in [6, 6.07) is 7.15. The topological polar surface area (TPSA) is 105 Å². The van der Waals surface area contributed by atoms with Crippen LogP contribution in [-0.4, -0.2) is 34.9 Å². The number of benzene rings is 1. The van der Waals surface area contributed by atoms with Crippen LogP contribution in [0.3, 0.4) is 0 Å². The molecule has 0 saturated heterocycles. The van der Waals surface area contributed by atoms with Gasteiger partial charge in [0.2, 0.25) is 10.0 Å². The normalized spacial score (nSPS) is 11.6. The third kappa shape index (κ3) is 4.09. The first-order valence-electron chi connectivity index (χ1n) is 9.71. The van der Waals surface area contributed by atoms with Crippen LogP contribution in [0.2, 0.25) is 0 Å². The number of halogens is 2. The lowest BCUT2D eigenvalue weighted by atomic mass is 10.0. The van der Waals surface area contributed by atoms with Gasteiger partial charge in [0.15, 0.2) is 11.6 Å². The molecule has 0 aliphatic heterocycles. The lowest BCUT2D eigenvalue weighted by Crippen LogP contribution is -2.19. The second-order valence-electron chi connectivity index (χ2n) is 7.10. The molecule has 0 atom stereocenters. The number of ketones is 1. The summed E-state index contributed by atoms with van der Waals surface area (Å²) in [6.45, 7) is 1.62. The van der Waals surface area contributed by atoms with Crippen molar-refractivity contribution in [3.8, 4) is 11.1 Å². The highest BCUT2D eigenvalue weighted by molar-refractivity contribution is 7.92. The van der Waals surface area contributed by atoms with Crippen LogP contribution in [0.25, 0.3) is 22.2 Å². The summed E-state index contributed by atoms with van der Waals surface area (Å²) < 4.78 is 55.2. The quantitative estimate of drug-likeness (QED) is 0.404. The van der Waals surface area contributed by atoms with Gasteiger partial charge in [0.1, 0.15) is 17.2 Å². The van der Waals surface area contributed by atoms with E-state index in [1.165, 1.54) is 6.20 Å². The number of aromatic nitrogens is 3. The average Bonchev–Trinajstić information content (AvgIpc) is 3.20. The molecule has 10 heteroatoms. The Bertz CT molecular complexity index is 1420. The molecule has 164 valence electrons. The molecule has 0 spiro atoms. The Morgan fingerprint density at radius 3 is 2.66 bits per heavy atom. The Balaban J connectivity index is 1.77. The lowest BCUT2D eigenvalue weighted by Gasteiger charge is -2.11. The van der Waals surface area contributed by atoms with Crippen LogP contribution in [0, 0.1) is 11.6 Å². The number of hydrogen-bond acceptors (Lipinski definition) is 5. The summed E-state index contributed by atoms with van der Waals surface area (Å²) in [5.74, 6) is -3.44. The zero-order valence-corrected chi connectivity index (χ0v) is 17.7. The third-order valence-electron chi connectivity index (χ3n) is 4.84. The van der Waals surface area contributed by atoms with Crippen molar-refractivity contribution in [1.82, 2.24) is 15.0 Å². The van der Waals surface area contributed by atoms with E-state index >= 15 is 4.39 Å². The van der Waals surface area contributed by atoms with E-state index in [1.807, 2.05) is 10.8 Å². The van der Waals surface area contributed by atoms with Crippen LogP contribution in [-0.2, 0) is 10.0 Å². The standard InChI is InChI=1S/C22H18F2N4O3S/c1-2-8-32(30,31)28-20-18(23)6-5-15(19(20)24)21(29)17-12-27-22-16(17)9-14(11-26-22)13-4-3-7-25-10-13/h3-7,9-12,28H,2,8H2,1H3,(H,26,27). The van der Waals surface area contributed by atoms with E-state index in [9.17, 15) is 17.6 Å². The Morgan fingerprint density at radius 1 is 1.12 bits per heavy atom. The van der Waals surface area contributed by atoms with Gasteiger partial charge in [-0.2, -0.15) is 0 Å². The number of nitrogens with one attached hydrogen (secondary N) is 2. The maximum Gasteiger partial charge on any atom is 0.232 e. The summed E-state index contributed by atoms with van der Waals surface area (Å²) in [5.41, 5.74) is 0.666. The minimum atomic E-state index is -3.96. The van der Waals surface area contributed by atoms with Gasteiger partial charge in [-0.1, -0.05) is 13.0 Å². The number of nitrogens with zero attached hydrogens (tertiary/aromatic N) is 2. The lowest BCUT2D eigenvalue weighted by molar-refractivity contribution is 0.103. The fraction of sp³-hybridized carbons (Fsp3) is 0.136. The van der Waals surface area contributed by atoms with E-state index < -0.39 is 38.7 Å². The summed E-state index contributed by atoms with van der Waals surface area (Å²) in [7, 11) is -3.96. The van der Waals surface area contributed by atoms with Crippen LogP contribution in [0.15, 0.2) is 55.1 Å². The smallest absolute Gasteiger partial charge is 0.232 e. The summed E-state index contributed by atoms with van der Waals surface area (Å²) >= 11 is 0. The predicted octanol–water partition coefficient (Wildman–Crippen LogP) is 4.29. The molecular weight excluding hydrogens is 438 g/mol. The van der Waals surface area contributed by atoms with Crippen molar-refractivity contribution < 1.29 is 22.0 Å². The molecule has 3 heterocycles. The highest BCUT2D eigenvalue weighted by atomic mass is 32.2. The van der Waals surface area contributed by atoms with E-state index in [-0.39, 0.29) is 17.7 Å². The molecule has 0 aliphatic carbocycles. The first-order chi connectivity index (χ1) is 15.3. The minimum absolute atomic E-state index is 0.117. The molecule has 0 radical (unpaired) electrons. The SMILES string of the molecule is CCCS(=O)(=O)Nc1c(F)ccc(C(=O)c2c[nH]c3ncc(-c4cccnc4)cc23)c1F. The van der Waals surface area contributed by atoms with E-state index in [4.69, 9.17) is 0 Å². The molecule has 32 heavy (non-hydrogen) atoms. The minimum Gasteiger partial charge on any atom is -0.345 e. The molecule has 4 aromatic rings. The first-order valence-corrected chi connectivity index (χ1v) is 11.4. The molecule has 2 N–H and O–H groups in total. The van der Waals surface area contributed by atoms with E-state index in [0.717, 1.165) is 17.7 Å². The number of rotatable bonds is 7. The molecule has 0 saturated carbocycles. The zero-order chi connectivity index (χ0) is 22.9. The maximum atomic E-state index is 15.1. The van der Waals surface area contributed by atoms with Crippen molar-refractivity contribution in [3.05, 3.63) is 77.9 Å². The van der Waals surface area contributed by atoms with Crippen molar-refractivity contribution in [3.63, 3.8) is 0 Å². The molecule has 0 fully saturated rings. The Hall–Kier alpha value is -3.66. The maximum absolute atomic E-state index is 15.1. The van der Waals surface area contributed by atoms with Gasteiger partial charge in [0, 0.05) is 46.9 Å². The summed E-state index contributed by atoms with van der Waals surface area (Å²) in [6.07, 6.45) is 6.54. The number of H-pyrrole nitrogens is 1. The van der Waals surface area contributed by atoms with Crippen LogP contribution in [0.5, 0.6) is 0 Å². The van der Waals surface area contributed by atoms with E-state index in [2.05, 4.69) is 15.0 Å². The second-order valence-corrected chi connectivity index (χ2v) is 8.94. The third-order valence-corrected chi connectivity index (χ3v) is 6.30. The molecule has 4 rings (SSSR count). The van der Waals surface area contributed by atoms with Gasteiger partial charge < -0.3 is 4.98 Å². The van der Waals surface area contributed by atoms with Gasteiger partial charge in [-0.3, -0.25) is 14.5 Å². The molecule has 0 unspecified atom stereocenters. The molecule has 0 amide bonds. The molecule has 1 aromatic carbocycles. The predicted molar refractivity (Wildman–Crippen MR) is 117 cm³/mol. The van der Waals surface area contributed by atoms with E-state index in [0.29, 0.717) is 16.6 Å². The van der Waals surface area contributed by atoms with Crippen molar-refractivity contribution in [2.45, 2.75) is 13.3 Å². The average molecular weight is 456 g/mol. The highest BCUT2D eigenvalue weighted by Gasteiger charge is 2.24. The monoisotopic (exact) mass is 456 g/mol. The van der Waals surface area contributed by atoms with Gasteiger partial charge in [-0.25, -0.2) is 22.2 Å². The number of pyridine rings is 2. The van der Waals surface area contributed by atoms with Crippen LogP contribution >= 0.6 is 0 Å². The molecular formula is C22H18F2N4O3S. The highest BCUT2D eigenvalue weighted by Crippen LogP contribution is 2.29. The van der Waals surface area contributed by atoms with Gasteiger partial charge in [-0.05, 0) is 30.7 Å². The first kappa shape index (κ1) is 21.6. The molecule has 0 aliphatic rings. The van der Waals surface area contributed by atoms with Crippen LogP contribution < -0.4 is 4.72 Å². The van der Waals surface area contributed by atoms with Gasteiger partial charge in [0.25, 0.3) is 0 Å². The van der Waals surface area contributed by atoms with Crippen molar-refractivity contribution in [2.24, 2.45) is 0 Å². The second kappa shape index (κ2) is 8.46. The number of hydrogen-bond donors (Lipinski definition) is 2. The fourth-order valence-electron chi connectivity index (χ4n) is 3.32.